The molecule has 0 bridgehead atoms. The Balaban J connectivity index is 1.73. The number of hydrogen-bond donors (Lipinski definition) is 0. The van der Waals surface area contributed by atoms with Crippen LogP contribution in [0.5, 0.6) is 23.0 Å². The molecule has 5 heteroatoms. The number of unbranched alkanes of at least 4 members (excludes halogenated alkanes) is 24. The molecule has 4 nitrogen and oxygen atoms in total. The molecule has 0 aliphatic rings. The Kier molecular flexibility index (Phi) is 29.3. The van der Waals surface area contributed by atoms with Crippen LogP contribution >= 0.6 is 0 Å². The monoisotopic (exact) mass is 925 g/mol. The third-order valence-electron chi connectivity index (χ3n) is 13.0. The van der Waals surface area contributed by atoms with Crippen molar-refractivity contribution < 1.29 is 31.4 Å². The quantitative estimate of drug-likeness (QED) is 0.0329. The van der Waals surface area contributed by atoms with Gasteiger partial charge in [-0.1, -0.05) is 0 Å². The van der Waals surface area contributed by atoms with E-state index in [1.165, 1.54) is 176 Å². The van der Waals surface area contributed by atoms with Crippen molar-refractivity contribution in [3.63, 3.8) is 0 Å². The van der Waals surface area contributed by atoms with E-state index in [2.05, 4.69) is 125 Å². The third-order valence-corrected chi connectivity index (χ3v) is 16.0. The molecule has 4 aromatic rings. The van der Waals surface area contributed by atoms with Crippen LogP contribution < -0.4 is 13.3 Å². The molecular weight excluding hydrogens is 833 g/mol. The summed E-state index contributed by atoms with van der Waals surface area (Å²) < 4.78 is 29.9. The van der Waals surface area contributed by atoms with E-state index in [4.69, 9.17) is 13.3 Å². The van der Waals surface area contributed by atoms with Crippen molar-refractivity contribution in [2.24, 2.45) is 0 Å². The number of hydrogen-bond acceptors (Lipinski definition) is 4. The summed E-state index contributed by atoms with van der Waals surface area (Å²) in [5.74, 6) is 3.27. The van der Waals surface area contributed by atoms with Crippen LogP contribution in [0.1, 0.15) is 230 Å². The Hall–Kier alpha value is -3.21. The number of rotatable bonds is 40. The number of benzene rings is 4. The molecule has 65 heavy (non-hydrogen) atoms. The normalized spacial score (nSPS) is 11.5. The van der Waals surface area contributed by atoms with Gasteiger partial charge in [0.15, 0.2) is 0 Å². The molecule has 0 aliphatic carbocycles. The van der Waals surface area contributed by atoms with Crippen molar-refractivity contribution in [1.29, 1.82) is 0 Å². The molecule has 0 aliphatic heterocycles. The number of para-hydroxylation sites is 4. The molecule has 0 spiro atoms. The van der Waals surface area contributed by atoms with Crippen LogP contribution in [0.2, 0.25) is 0 Å². The van der Waals surface area contributed by atoms with E-state index in [-0.39, 0.29) is 0 Å². The second-order valence-corrected chi connectivity index (χ2v) is 21.7. The molecule has 0 N–H and O–H groups in total. The molecule has 0 aromatic heterocycles. The summed E-state index contributed by atoms with van der Waals surface area (Å²) in [5.41, 5.74) is 4.76. The van der Waals surface area contributed by atoms with Gasteiger partial charge in [-0.2, -0.15) is 0 Å². The maximum atomic E-state index is 7.48. The van der Waals surface area contributed by atoms with Crippen LogP contribution in [0.15, 0.2) is 97.1 Å². The molecule has 0 atom stereocenters. The van der Waals surface area contributed by atoms with Gasteiger partial charge in [0.2, 0.25) is 0 Å². The van der Waals surface area contributed by atoms with Gasteiger partial charge >= 0.3 is 407 Å². The zero-order valence-corrected chi connectivity index (χ0v) is 43.6. The minimum atomic E-state index is -4.93. The summed E-state index contributed by atoms with van der Waals surface area (Å²) in [4.78, 5) is 0. The van der Waals surface area contributed by atoms with Crippen LogP contribution in [0, 0.1) is 0 Å². The van der Waals surface area contributed by atoms with Gasteiger partial charge in [0.1, 0.15) is 0 Å². The van der Waals surface area contributed by atoms with Gasteiger partial charge in [0.25, 0.3) is 0 Å². The van der Waals surface area contributed by atoms with Crippen molar-refractivity contribution in [2.45, 2.75) is 233 Å². The van der Waals surface area contributed by atoms with Crippen molar-refractivity contribution >= 4 is 0 Å². The first-order valence-electron chi connectivity index (χ1n) is 27.2. The van der Waals surface area contributed by atoms with Gasteiger partial charge in [-0.3, -0.25) is 0 Å². The fourth-order valence-electron chi connectivity index (χ4n) is 8.99. The van der Waals surface area contributed by atoms with E-state index in [0.29, 0.717) is 0 Å². The Morgan fingerprint density at radius 2 is 0.431 bits per heavy atom. The minimum absolute atomic E-state index is 0.817. The van der Waals surface area contributed by atoms with E-state index < -0.39 is 18.1 Å². The molecule has 0 heterocycles. The van der Waals surface area contributed by atoms with Crippen LogP contribution in [-0.2, 0) is 43.8 Å². The summed E-state index contributed by atoms with van der Waals surface area (Å²) in [6.45, 7) is 9.16. The summed E-state index contributed by atoms with van der Waals surface area (Å²) in [5, 5.41) is 0. The molecular formula is C60H92O4Ti. The van der Waals surface area contributed by atoms with Gasteiger partial charge in [-0.15, -0.1) is 0 Å². The Labute approximate surface area is 404 Å². The third kappa shape index (κ3) is 22.4. The first-order chi connectivity index (χ1) is 32.1. The predicted molar refractivity (Wildman–Crippen MR) is 275 cm³/mol. The van der Waals surface area contributed by atoms with E-state index >= 15 is 0 Å². The van der Waals surface area contributed by atoms with E-state index in [0.717, 1.165) is 74.4 Å². The van der Waals surface area contributed by atoms with Crippen molar-refractivity contribution in [2.75, 3.05) is 0 Å². The van der Waals surface area contributed by atoms with Crippen LogP contribution in [0.4, 0.5) is 0 Å². The second-order valence-electron chi connectivity index (χ2n) is 18.8. The molecule has 0 amide bonds. The van der Waals surface area contributed by atoms with Gasteiger partial charge < -0.3 is 0 Å². The fourth-order valence-corrected chi connectivity index (χ4v) is 12.3. The first-order valence-corrected chi connectivity index (χ1v) is 29.7. The fraction of sp³-hybridized carbons (Fsp3) is 0.600. The van der Waals surface area contributed by atoms with Gasteiger partial charge in [0.05, 0.1) is 0 Å². The second kappa shape index (κ2) is 35.0. The average molecular weight is 925 g/mol. The van der Waals surface area contributed by atoms with E-state index in [1.807, 2.05) is 0 Å². The first kappa shape index (κ1) is 54.4. The van der Waals surface area contributed by atoms with Gasteiger partial charge in [0, 0.05) is 0 Å². The Bertz CT molecular complexity index is 1510. The maximum absolute atomic E-state index is 7.48. The standard InChI is InChI=1S/4C15H24O.Ti/c4*1-2-3-4-5-6-7-8-11-14-12-9-10-13-15(14)16;/h4*9-10,12-13,16H,2-8,11H2,1H3;/q;;;;+4/p-4. The average Bonchev–Trinajstić information content (AvgIpc) is 3.32. The Morgan fingerprint density at radius 1 is 0.246 bits per heavy atom. The molecule has 0 radical (unpaired) electrons. The molecule has 0 saturated carbocycles. The zero-order valence-electron chi connectivity index (χ0n) is 42.0. The van der Waals surface area contributed by atoms with Crippen molar-refractivity contribution in [1.82, 2.24) is 0 Å². The topological polar surface area (TPSA) is 36.9 Å². The van der Waals surface area contributed by atoms with Crippen LogP contribution in [0.3, 0.4) is 0 Å². The predicted octanol–water partition coefficient (Wildman–Crippen LogP) is 19.3. The van der Waals surface area contributed by atoms with Gasteiger partial charge in [-0.25, -0.2) is 0 Å². The van der Waals surface area contributed by atoms with Crippen molar-refractivity contribution in [3.05, 3.63) is 119 Å². The van der Waals surface area contributed by atoms with Crippen molar-refractivity contribution in [3.8, 4) is 23.0 Å². The SMILES string of the molecule is CCCCCCCCCc1ccccc1[O][Ti]([O]c1ccccc1CCCCCCCCC)([O]c1ccccc1CCCCCCCCC)[O]c1ccccc1CCCCCCCCC. The van der Waals surface area contributed by atoms with Crippen LogP contribution in [-0.4, -0.2) is 0 Å². The van der Waals surface area contributed by atoms with Gasteiger partial charge in [-0.05, 0) is 0 Å². The summed E-state index contributed by atoms with van der Waals surface area (Å²) in [7, 11) is 0. The van der Waals surface area contributed by atoms with E-state index in [9.17, 15) is 0 Å². The molecule has 4 rings (SSSR count). The molecule has 0 unspecified atom stereocenters. The zero-order chi connectivity index (χ0) is 45.9. The molecule has 0 saturated heterocycles. The number of aryl methyl sites for hydroxylation is 4. The summed E-state index contributed by atoms with van der Waals surface area (Å²) in [6.07, 6.45) is 39.3. The van der Waals surface area contributed by atoms with Crippen LogP contribution in [0.25, 0.3) is 0 Å². The molecule has 360 valence electrons. The summed E-state index contributed by atoms with van der Waals surface area (Å²) >= 11 is -4.93. The summed E-state index contributed by atoms with van der Waals surface area (Å²) in [6, 6.07) is 34.3. The molecule has 0 fully saturated rings. The van der Waals surface area contributed by atoms with E-state index in [1.54, 1.807) is 0 Å². The Morgan fingerprint density at radius 3 is 0.646 bits per heavy atom. The molecule has 4 aromatic carbocycles.